The third-order valence-corrected chi connectivity index (χ3v) is 2.38. The van der Waals surface area contributed by atoms with Crippen molar-refractivity contribution in [2.45, 2.75) is 6.92 Å². The van der Waals surface area contributed by atoms with Crippen LogP contribution in [0.4, 0.5) is 11.4 Å². The Morgan fingerprint density at radius 3 is 2.69 bits per heavy atom. The van der Waals surface area contributed by atoms with E-state index in [0.717, 1.165) is 0 Å². The lowest BCUT2D eigenvalue weighted by Gasteiger charge is -2.24. The van der Waals surface area contributed by atoms with E-state index < -0.39 is 5.91 Å². The smallest absolute Gasteiger partial charge is 0.250 e. The normalized spacial score (nSPS) is 10.1. The molecule has 0 aliphatic rings. The summed E-state index contributed by atoms with van der Waals surface area (Å²) in [4.78, 5) is 13.1. The molecule has 0 unspecified atom stereocenters. The predicted octanol–water partition coefficient (Wildman–Crippen LogP) is 0.186. The van der Waals surface area contributed by atoms with Gasteiger partial charge in [0.25, 0.3) is 5.91 Å². The lowest BCUT2D eigenvalue weighted by Crippen LogP contribution is -2.29. The highest BCUT2D eigenvalue weighted by molar-refractivity contribution is 5.99. The number of anilines is 2. The number of carbonyl (C=O) groups excluding carboxylic acids is 1. The van der Waals surface area contributed by atoms with Crippen molar-refractivity contribution in [3.63, 3.8) is 0 Å². The van der Waals surface area contributed by atoms with Crippen LogP contribution < -0.4 is 16.4 Å². The molecule has 0 spiro atoms. The Morgan fingerprint density at radius 2 is 2.19 bits per heavy atom. The zero-order valence-electron chi connectivity index (χ0n) is 9.31. The molecular formula is C11H17N3O2. The van der Waals surface area contributed by atoms with Gasteiger partial charge < -0.3 is 21.5 Å². The highest BCUT2D eigenvalue weighted by Crippen LogP contribution is 2.23. The second-order valence-corrected chi connectivity index (χ2v) is 3.44. The molecule has 0 saturated heterocycles. The van der Waals surface area contributed by atoms with Crippen LogP contribution in [-0.2, 0) is 0 Å². The molecule has 1 rings (SSSR count). The maximum Gasteiger partial charge on any atom is 0.250 e. The van der Waals surface area contributed by atoms with Gasteiger partial charge in [-0.2, -0.15) is 0 Å². The van der Waals surface area contributed by atoms with Gasteiger partial charge in [-0.25, -0.2) is 0 Å². The van der Waals surface area contributed by atoms with E-state index in [0.29, 0.717) is 30.0 Å². The molecule has 0 aromatic heterocycles. The number of amides is 1. The van der Waals surface area contributed by atoms with Gasteiger partial charge in [-0.05, 0) is 25.1 Å². The number of benzene rings is 1. The van der Waals surface area contributed by atoms with Gasteiger partial charge in [0.15, 0.2) is 0 Å². The predicted molar refractivity (Wildman–Crippen MR) is 64.3 cm³/mol. The van der Waals surface area contributed by atoms with Gasteiger partial charge in [-0.3, -0.25) is 4.79 Å². The van der Waals surface area contributed by atoms with Crippen molar-refractivity contribution >= 4 is 17.3 Å². The van der Waals surface area contributed by atoms with Gasteiger partial charge in [0.05, 0.1) is 17.9 Å². The van der Waals surface area contributed by atoms with Crippen LogP contribution in [0.2, 0.25) is 0 Å². The molecule has 0 atom stereocenters. The standard InChI is InChI=1S/C11H17N3O2/c1-2-14(5-6-15)10-7-8(12)3-4-9(10)11(13)16/h3-4,7,15H,2,5-6,12H2,1H3,(H2,13,16). The van der Waals surface area contributed by atoms with Gasteiger partial charge >= 0.3 is 0 Å². The van der Waals surface area contributed by atoms with Gasteiger partial charge in [0.2, 0.25) is 0 Å². The largest absolute Gasteiger partial charge is 0.399 e. The van der Waals surface area contributed by atoms with Crippen LogP contribution in [0.25, 0.3) is 0 Å². The average molecular weight is 223 g/mol. The van der Waals surface area contributed by atoms with Crippen LogP contribution >= 0.6 is 0 Å². The summed E-state index contributed by atoms with van der Waals surface area (Å²) in [5.41, 5.74) is 12.6. The Bertz CT molecular complexity index is 379. The molecule has 0 radical (unpaired) electrons. The lowest BCUT2D eigenvalue weighted by molar-refractivity contribution is 0.100. The van der Waals surface area contributed by atoms with E-state index in [-0.39, 0.29) is 6.61 Å². The number of hydrogen-bond donors (Lipinski definition) is 3. The van der Waals surface area contributed by atoms with Crippen molar-refractivity contribution in [1.82, 2.24) is 0 Å². The molecule has 1 amide bonds. The van der Waals surface area contributed by atoms with Crippen LogP contribution in [0.1, 0.15) is 17.3 Å². The van der Waals surface area contributed by atoms with Gasteiger partial charge in [-0.15, -0.1) is 0 Å². The summed E-state index contributed by atoms with van der Waals surface area (Å²) in [7, 11) is 0. The molecular weight excluding hydrogens is 206 g/mol. The quantitative estimate of drug-likeness (QED) is 0.621. The number of aliphatic hydroxyl groups is 1. The van der Waals surface area contributed by atoms with Crippen molar-refractivity contribution in [1.29, 1.82) is 0 Å². The van der Waals surface area contributed by atoms with E-state index in [9.17, 15) is 4.79 Å². The van der Waals surface area contributed by atoms with Crippen LogP contribution in [0.15, 0.2) is 18.2 Å². The maximum atomic E-state index is 11.2. The molecule has 0 bridgehead atoms. The Morgan fingerprint density at radius 1 is 1.50 bits per heavy atom. The first-order valence-electron chi connectivity index (χ1n) is 5.15. The SMILES string of the molecule is CCN(CCO)c1cc(N)ccc1C(N)=O. The summed E-state index contributed by atoms with van der Waals surface area (Å²) in [6.45, 7) is 3.06. The third kappa shape index (κ3) is 2.64. The Labute approximate surface area is 94.7 Å². The second kappa shape index (κ2) is 5.37. The number of aliphatic hydroxyl groups excluding tert-OH is 1. The molecule has 5 nitrogen and oxygen atoms in total. The van der Waals surface area contributed by atoms with Crippen LogP contribution in [0.3, 0.4) is 0 Å². The Hall–Kier alpha value is -1.75. The first-order chi connectivity index (χ1) is 7.60. The molecule has 5 heteroatoms. The van der Waals surface area contributed by atoms with Crippen LogP contribution in [0.5, 0.6) is 0 Å². The summed E-state index contributed by atoms with van der Waals surface area (Å²) >= 11 is 0. The Kier molecular flexibility index (Phi) is 4.13. The van der Waals surface area contributed by atoms with Crippen molar-refractivity contribution in [3.8, 4) is 0 Å². The first-order valence-corrected chi connectivity index (χ1v) is 5.15. The van der Waals surface area contributed by atoms with Crippen molar-refractivity contribution in [3.05, 3.63) is 23.8 Å². The van der Waals surface area contributed by atoms with E-state index in [1.54, 1.807) is 18.2 Å². The van der Waals surface area contributed by atoms with E-state index in [1.807, 2.05) is 11.8 Å². The molecule has 0 heterocycles. The fourth-order valence-corrected chi connectivity index (χ4v) is 1.59. The van der Waals surface area contributed by atoms with E-state index in [2.05, 4.69) is 0 Å². The van der Waals surface area contributed by atoms with Gasteiger partial charge in [0, 0.05) is 18.8 Å². The summed E-state index contributed by atoms with van der Waals surface area (Å²) in [6, 6.07) is 4.93. The molecule has 1 aromatic carbocycles. The molecule has 5 N–H and O–H groups in total. The van der Waals surface area contributed by atoms with Crippen LogP contribution in [-0.4, -0.2) is 30.7 Å². The molecule has 0 aliphatic carbocycles. The fraction of sp³-hybridized carbons (Fsp3) is 0.364. The number of nitrogens with two attached hydrogens (primary N) is 2. The highest BCUT2D eigenvalue weighted by Gasteiger charge is 2.13. The topological polar surface area (TPSA) is 92.6 Å². The molecule has 0 saturated carbocycles. The van der Waals surface area contributed by atoms with Crippen LogP contribution in [0, 0.1) is 0 Å². The van der Waals surface area contributed by atoms with Crippen molar-refractivity contribution in [2.75, 3.05) is 30.3 Å². The number of nitrogens with zero attached hydrogens (tertiary/aromatic N) is 1. The first kappa shape index (κ1) is 12.3. The summed E-state index contributed by atoms with van der Waals surface area (Å²) in [5, 5.41) is 8.94. The fourth-order valence-electron chi connectivity index (χ4n) is 1.59. The number of hydrogen-bond acceptors (Lipinski definition) is 4. The number of carbonyl (C=O) groups is 1. The minimum atomic E-state index is -0.494. The number of rotatable bonds is 5. The van der Waals surface area contributed by atoms with Gasteiger partial charge in [-0.1, -0.05) is 0 Å². The maximum absolute atomic E-state index is 11.2. The second-order valence-electron chi connectivity index (χ2n) is 3.44. The molecule has 16 heavy (non-hydrogen) atoms. The minimum Gasteiger partial charge on any atom is -0.399 e. The van der Waals surface area contributed by atoms with E-state index >= 15 is 0 Å². The van der Waals surface area contributed by atoms with Crippen molar-refractivity contribution < 1.29 is 9.90 Å². The third-order valence-electron chi connectivity index (χ3n) is 2.38. The number of likely N-dealkylation sites (N-methyl/N-ethyl adjacent to an activating group) is 1. The number of primary amides is 1. The Balaban J connectivity index is 3.16. The van der Waals surface area contributed by atoms with E-state index in [4.69, 9.17) is 16.6 Å². The molecule has 88 valence electrons. The molecule has 0 fully saturated rings. The zero-order chi connectivity index (χ0) is 12.1. The zero-order valence-corrected chi connectivity index (χ0v) is 9.31. The van der Waals surface area contributed by atoms with Crippen molar-refractivity contribution in [2.24, 2.45) is 5.73 Å². The molecule has 1 aromatic rings. The monoisotopic (exact) mass is 223 g/mol. The summed E-state index contributed by atoms with van der Waals surface area (Å²) in [5.74, 6) is -0.494. The average Bonchev–Trinajstić information content (AvgIpc) is 2.25. The van der Waals surface area contributed by atoms with E-state index in [1.165, 1.54) is 0 Å². The lowest BCUT2D eigenvalue weighted by atomic mass is 10.1. The summed E-state index contributed by atoms with van der Waals surface area (Å²) < 4.78 is 0. The number of nitrogen functional groups attached to an aromatic ring is 1. The van der Waals surface area contributed by atoms with Gasteiger partial charge in [0.1, 0.15) is 0 Å². The molecule has 0 aliphatic heterocycles. The minimum absolute atomic E-state index is 0.0147. The summed E-state index contributed by atoms with van der Waals surface area (Å²) in [6.07, 6.45) is 0. The highest BCUT2D eigenvalue weighted by atomic mass is 16.3.